The summed E-state index contributed by atoms with van der Waals surface area (Å²) in [4.78, 5) is 38.6. The van der Waals surface area contributed by atoms with Crippen LogP contribution >= 0.6 is 0 Å². The van der Waals surface area contributed by atoms with Gasteiger partial charge >= 0.3 is 5.97 Å². The second-order valence-electron chi connectivity index (χ2n) is 8.11. The molecule has 0 aromatic heterocycles. The highest BCUT2D eigenvalue weighted by Crippen LogP contribution is 2.30. The number of piperidine rings is 1. The molecular weight excluding hydrogens is 356 g/mol. The molecule has 1 N–H and O–H groups in total. The van der Waals surface area contributed by atoms with E-state index in [1.807, 2.05) is 6.92 Å². The molecule has 0 radical (unpaired) electrons. The van der Waals surface area contributed by atoms with E-state index in [9.17, 15) is 14.4 Å². The molecule has 0 aliphatic carbocycles. The first kappa shape index (κ1) is 20.4. The summed E-state index contributed by atoms with van der Waals surface area (Å²) >= 11 is 0. The number of carbonyl (C=O) groups is 3. The van der Waals surface area contributed by atoms with Gasteiger partial charge in [0.25, 0.3) is 0 Å². The molecule has 2 unspecified atom stereocenters. The van der Waals surface area contributed by atoms with Gasteiger partial charge in [0.15, 0.2) is 0 Å². The lowest BCUT2D eigenvalue weighted by Gasteiger charge is -2.35. The minimum absolute atomic E-state index is 0.0282. The van der Waals surface area contributed by atoms with Crippen LogP contribution in [0.4, 0.5) is 0 Å². The fourth-order valence-electron chi connectivity index (χ4n) is 4.38. The van der Waals surface area contributed by atoms with Crippen molar-refractivity contribution in [2.24, 2.45) is 0 Å². The quantitative estimate of drug-likeness (QED) is 0.763. The number of hydrogen-bond donors (Lipinski definition) is 1. The van der Waals surface area contributed by atoms with E-state index in [1.165, 1.54) is 12.7 Å². The van der Waals surface area contributed by atoms with Crippen molar-refractivity contribution in [3.63, 3.8) is 0 Å². The molecule has 152 valence electrons. The topological polar surface area (TPSA) is 75.7 Å². The van der Waals surface area contributed by atoms with Crippen molar-refractivity contribution in [1.29, 1.82) is 0 Å². The highest BCUT2D eigenvalue weighted by Gasteiger charge is 2.39. The Balaban J connectivity index is 1.67. The minimum atomic E-state index is -0.475. The molecule has 1 aromatic rings. The Labute approximate surface area is 166 Å². The van der Waals surface area contributed by atoms with E-state index in [0.717, 1.165) is 24.8 Å². The highest BCUT2D eigenvalue weighted by atomic mass is 16.5. The normalized spacial score (nSPS) is 24.7. The summed E-state index contributed by atoms with van der Waals surface area (Å²) in [5, 5.41) is 3.13. The summed E-state index contributed by atoms with van der Waals surface area (Å²) in [6.45, 7) is 2.64. The number of nitrogens with zero attached hydrogens (tertiary/aromatic N) is 1. The van der Waals surface area contributed by atoms with Crippen LogP contribution in [0.25, 0.3) is 0 Å². The lowest BCUT2D eigenvalue weighted by Crippen LogP contribution is -2.50. The maximum atomic E-state index is 12.9. The molecule has 2 saturated heterocycles. The van der Waals surface area contributed by atoms with Gasteiger partial charge in [-0.05, 0) is 51.0 Å². The first-order valence-electron chi connectivity index (χ1n) is 10.2. The number of carbonyl (C=O) groups excluding carboxylic acids is 3. The predicted molar refractivity (Wildman–Crippen MR) is 106 cm³/mol. The van der Waals surface area contributed by atoms with Crippen LogP contribution in [0.2, 0.25) is 0 Å². The SMILES string of the molecule is COC(=O)C1CCCCN1C(=O)CCC1(Cc2ccc(C)cc2)CCC(=O)N1. The van der Waals surface area contributed by atoms with Crippen LogP contribution in [0.1, 0.15) is 56.1 Å². The lowest BCUT2D eigenvalue weighted by molar-refractivity contribution is -0.154. The van der Waals surface area contributed by atoms with Crippen LogP contribution in [-0.4, -0.2) is 47.9 Å². The zero-order valence-corrected chi connectivity index (χ0v) is 16.8. The van der Waals surface area contributed by atoms with E-state index in [4.69, 9.17) is 4.74 Å². The van der Waals surface area contributed by atoms with Crippen molar-refractivity contribution in [3.05, 3.63) is 35.4 Å². The third kappa shape index (κ3) is 4.72. The van der Waals surface area contributed by atoms with Crippen LogP contribution < -0.4 is 5.32 Å². The Morgan fingerprint density at radius 1 is 1.25 bits per heavy atom. The Hall–Kier alpha value is -2.37. The molecular formula is C22H30N2O4. The number of rotatable bonds is 6. The van der Waals surface area contributed by atoms with Gasteiger partial charge < -0.3 is 15.0 Å². The molecule has 2 amide bonds. The lowest BCUT2D eigenvalue weighted by atomic mass is 9.84. The van der Waals surface area contributed by atoms with Crippen molar-refractivity contribution >= 4 is 17.8 Å². The van der Waals surface area contributed by atoms with Crippen LogP contribution in [0, 0.1) is 6.92 Å². The fraction of sp³-hybridized carbons (Fsp3) is 0.591. The molecule has 2 aliphatic heterocycles. The van der Waals surface area contributed by atoms with Crippen LogP contribution in [0.3, 0.4) is 0 Å². The van der Waals surface area contributed by atoms with Gasteiger partial charge in [-0.15, -0.1) is 0 Å². The molecule has 6 heteroatoms. The molecule has 28 heavy (non-hydrogen) atoms. The Kier molecular flexibility index (Phi) is 6.37. The summed E-state index contributed by atoms with van der Waals surface area (Å²) in [5.74, 6) is -0.318. The van der Waals surface area contributed by atoms with E-state index >= 15 is 0 Å². The number of ether oxygens (including phenoxy) is 1. The van der Waals surface area contributed by atoms with Crippen molar-refractivity contribution in [2.75, 3.05) is 13.7 Å². The van der Waals surface area contributed by atoms with Crippen molar-refractivity contribution in [3.8, 4) is 0 Å². The maximum Gasteiger partial charge on any atom is 0.328 e. The molecule has 2 heterocycles. The second kappa shape index (κ2) is 8.76. The third-order valence-electron chi connectivity index (χ3n) is 6.01. The second-order valence-corrected chi connectivity index (χ2v) is 8.11. The first-order chi connectivity index (χ1) is 13.4. The van der Waals surface area contributed by atoms with Crippen LogP contribution in [0.5, 0.6) is 0 Å². The molecule has 3 rings (SSSR count). The summed E-state index contributed by atoms with van der Waals surface area (Å²) < 4.78 is 4.88. The number of nitrogens with one attached hydrogen (secondary N) is 1. The van der Waals surface area contributed by atoms with E-state index in [1.54, 1.807) is 4.90 Å². The van der Waals surface area contributed by atoms with Gasteiger partial charge in [0.2, 0.25) is 11.8 Å². The molecule has 0 saturated carbocycles. The number of aryl methyl sites for hydroxylation is 1. The van der Waals surface area contributed by atoms with Crippen molar-refractivity contribution in [1.82, 2.24) is 10.2 Å². The van der Waals surface area contributed by atoms with E-state index in [0.29, 0.717) is 38.6 Å². The van der Waals surface area contributed by atoms with E-state index in [2.05, 4.69) is 29.6 Å². The average molecular weight is 386 g/mol. The largest absolute Gasteiger partial charge is 0.467 e. The Morgan fingerprint density at radius 3 is 2.64 bits per heavy atom. The van der Waals surface area contributed by atoms with Gasteiger partial charge in [-0.1, -0.05) is 29.8 Å². The fourth-order valence-corrected chi connectivity index (χ4v) is 4.38. The number of methoxy groups -OCH3 is 1. The van der Waals surface area contributed by atoms with Gasteiger partial charge in [0.05, 0.1) is 7.11 Å². The molecule has 6 nitrogen and oxygen atoms in total. The van der Waals surface area contributed by atoms with Crippen molar-refractivity contribution in [2.45, 2.75) is 69.9 Å². The highest BCUT2D eigenvalue weighted by molar-refractivity contribution is 5.85. The van der Waals surface area contributed by atoms with Crippen LogP contribution in [-0.2, 0) is 25.5 Å². The first-order valence-corrected chi connectivity index (χ1v) is 10.2. The number of likely N-dealkylation sites (tertiary alicyclic amines) is 1. The number of benzene rings is 1. The summed E-state index contributed by atoms with van der Waals surface area (Å²) in [6, 6.07) is 7.83. The summed E-state index contributed by atoms with van der Waals surface area (Å²) in [6.07, 6.45) is 5.33. The zero-order chi connectivity index (χ0) is 20.1. The Bertz CT molecular complexity index is 731. The predicted octanol–water partition coefficient (Wildman–Crippen LogP) is 2.52. The smallest absolute Gasteiger partial charge is 0.328 e. The molecule has 2 fully saturated rings. The maximum absolute atomic E-state index is 12.9. The van der Waals surface area contributed by atoms with Gasteiger partial charge in [-0.25, -0.2) is 4.79 Å². The van der Waals surface area contributed by atoms with Gasteiger partial charge in [0, 0.05) is 24.9 Å². The number of amides is 2. The molecule has 2 aliphatic rings. The van der Waals surface area contributed by atoms with Gasteiger partial charge in [0.1, 0.15) is 6.04 Å². The number of hydrogen-bond acceptors (Lipinski definition) is 4. The Morgan fingerprint density at radius 2 is 2.00 bits per heavy atom. The minimum Gasteiger partial charge on any atom is -0.467 e. The average Bonchev–Trinajstić information content (AvgIpc) is 3.08. The van der Waals surface area contributed by atoms with E-state index in [-0.39, 0.29) is 17.8 Å². The van der Waals surface area contributed by atoms with Crippen molar-refractivity contribution < 1.29 is 19.1 Å². The summed E-state index contributed by atoms with van der Waals surface area (Å²) in [7, 11) is 1.37. The van der Waals surface area contributed by atoms with Crippen LogP contribution in [0.15, 0.2) is 24.3 Å². The zero-order valence-electron chi connectivity index (χ0n) is 16.8. The van der Waals surface area contributed by atoms with Gasteiger partial charge in [-0.3, -0.25) is 9.59 Å². The molecule has 2 atom stereocenters. The third-order valence-corrected chi connectivity index (χ3v) is 6.01. The monoisotopic (exact) mass is 386 g/mol. The number of esters is 1. The van der Waals surface area contributed by atoms with E-state index < -0.39 is 11.6 Å². The molecule has 1 aromatic carbocycles. The summed E-state index contributed by atoms with van der Waals surface area (Å²) in [5.41, 5.74) is 1.96. The van der Waals surface area contributed by atoms with Gasteiger partial charge in [-0.2, -0.15) is 0 Å². The molecule has 0 bridgehead atoms. The standard InChI is InChI=1S/C22H30N2O4/c1-16-6-8-17(9-7-16)15-22(12-10-19(25)23-22)13-11-20(26)24-14-4-3-5-18(24)21(27)28-2/h6-9,18H,3-5,10-15H2,1-2H3,(H,23,25). The molecule has 0 spiro atoms.